The third-order valence-electron chi connectivity index (χ3n) is 6.86. The molecule has 4 rings (SSSR count). The molecule has 1 aliphatic rings. The average Bonchev–Trinajstić information content (AvgIpc) is 3.24. The van der Waals surface area contributed by atoms with E-state index in [-0.39, 0.29) is 31.1 Å². The number of anilines is 1. The molecule has 0 unspecified atom stereocenters. The maximum atomic E-state index is 14.4. The first-order valence-electron chi connectivity index (χ1n) is 13.4. The fourth-order valence-corrected chi connectivity index (χ4v) is 5.17. The van der Waals surface area contributed by atoms with Crippen LogP contribution in [0.3, 0.4) is 0 Å². The Balaban J connectivity index is 1.86. The fourth-order valence-electron chi connectivity index (χ4n) is 4.99. The van der Waals surface area contributed by atoms with Gasteiger partial charge in [0, 0.05) is 53.2 Å². The molecule has 230 valence electrons. The number of carboxylic acids is 1. The Morgan fingerprint density at radius 1 is 1.12 bits per heavy atom. The second-order valence-corrected chi connectivity index (χ2v) is 11.3. The molecule has 1 aliphatic heterocycles. The average molecular weight is 616 g/mol. The van der Waals surface area contributed by atoms with Gasteiger partial charge >= 0.3 is 11.9 Å². The highest BCUT2D eigenvalue weighted by molar-refractivity contribution is 6.30. The van der Waals surface area contributed by atoms with E-state index in [1.807, 2.05) is 13.8 Å². The lowest BCUT2D eigenvalue weighted by Gasteiger charge is -2.33. The number of amides is 1. The van der Waals surface area contributed by atoms with E-state index in [4.69, 9.17) is 30.5 Å². The highest BCUT2D eigenvalue weighted by Crippen LogP contribution is 2.45. The smallest absolute Gasteiger partial charge is 0.325 e. The number of nitrogens with zero attached hydrogens (tertiary/aromatic N) is 3. The van der Waals surface area contributed by atoms with Gasteiger partial charge in [0.1, 0.15) is 18.8 Å². The number of benzene rings is 2. The number of para-hydroxylation sites is 1. The number of methoxy groups -OCH3 is 2. The number of ether oxygens (including phenoxy) is 4. The maximum Gasteiger partial charge on any atom is 0.325 e. The molecule has 2 heterocycles. The third-order valence-corrected chi connectivity index (χ3v) is 7.10. The van der Waals surface area contributed by atoms with Crippen molar-refractivity contribution in [3.63, 3.8) is 0 Å². The lowest BCUT2D eigenvalue weighted by Crippen LogP contribution is -2.46. The van der Waals surface area contributed by atoms with Crippen molar-refractivity contribution >= 4 is 35.1 Å². The molecular weight excluding hydrogens is 582 g/mol. The molecule has 0 bridgehead atoms. The van der Waals surface area contributed by atoms with Gasteiger partial charge in [0.2, 0.25) is 5.88 Å². The first-order chi connectivity index (χ1) is 20.3. The first kappa shape index (κ1) is 31.6. The third kappa shape index (κ3) is 7.20. The fraction of sp³-hybridized carbons (Fsp3) is 0.400. The summed E-state index contributed by atoms with van der Waals surface area (Å²) in [6.07, 6.45) is -2.11. The number of carbonyl (C=O) groups is 3. The van der Waals surface area contributed by atoms with Gasteiger partial charge < -0.3 is 34.1 Å². The van der Waals surface area contributed by atoms with Gasteiger partial charge in [-0.05, 0) is 24.3 Å². The predicted molar refractivity (Wildman–Crippen MR) is 156 cm³/mol. The molecule has 1 aromatic heterocycles. The van der Waals surface area contributed by atoms with Crippen LogP contribution in [0.25, 0.3) is 0 Å². The molecule has 43 heavy (non-hydrogen) atoms. The highest BCUT2D eigenvalue weighted by Gasteiger charge is 2.40. The van der Waals surface area contributed by atoms with Gasteiger partial charge in [0.05, 0.1) is 26.5 Å². The van der Waals surface area contributed by atoms with Crippen molar-refractivity contribution in [1.82, 2.24) is 9.78 Å². The molecule has 2 N–H and O–H groups in total. The van der Waals surface area contributed by atoms with Crippen LogP contribution in [-0.4, -0.2) is 71.3 Å². The van der Waals surface area contributed by atoms with E-state index < -0.39 is 42.0 Å². The van der Waals surface area contributed by atoms with Crippen molar-refractivity contribution in [3.05, 3.63) is 64.3 Å². The van der Waals surface area contributed by atoms with Crippen molar-refractivity contribution in [1.29, 1.82) is 0 Å². The van der Waals surface area contributed by atoms with Gasteiger partial charge in [-0.15, -0.1) is 0 Å². The van der Waals surface area contributed by atoms with E-state index in [1.54, 1.807) is 41.3 Å². The number of hydrogen-bond donors (Lipinski definition) is 2. The van der Waals surface area contributed by atoms with E-state index in [1.165, 1.54) is 27.2 Å². The molecule has 2 aromatic carbocycles. The SMILES string of the molecule is COc1cccc([C@H]2O[C@H](Cc3cc(O)n(CC(=O)O)n3)C(=O)N(CC(C)(C)COC(C)=O)c3ccc(Cl)cc32)c1OC. The number of hydrogen-bond acceptors (Lipinski definition) is 9. The number of aliphatic carboxylic acids is 1. The molecule has 0 aliphatic carbocycles. The van der Waals surface area contributed by atoms with Crippen LogP contribution in [0.2, 0.25) is 5.02 Å². The number of esters is 1. The standard InChI is InChI=1S/C30H34ClN3O9/c1-17(35)42-16-30(2,3)15-33-22-10-9-18(31)11-21(22)27(20-7-6-8-23(40-4)28(20)41-5)43-24(29(33)39)12-19-13-25(36)34(32-19)14-26(37)38/h6-11,13,24,27,36H,12,14-16H2,1-5H3,(H,37,38)/t24-,27-/m1/s1. The normalized spacial score (nSPS) is 16.8. The molecule has 12 nitrogen and oxygen atoms in total. The summed E-state index contributed by atoms with van der Waals surface area (Å²) in [6.45, 7) is 4.70. The van der Waals surface area contributed by atoms with Crippen molar-refractivity contribution in [2.45, 2.75) is 45.9 Å². The number of halogens is 1. The van der Waals surface area contributed by atoms with Gasteiger partial charge in [-0.3, -0.25) is 14.4 Å². The molecule has 0 saturated heterocycles. The minimum Gasteiger partial charge on any atom is -0.493 e. The quantitative estimate of drug-likeness (QED) is 0.303. The van der Waals surface area contributed by atoms with Gasteiger partial charge in [0.25, 0.3) is 5.91 Å². The molecule has 0 saturated carbocycles. The number of rotatable bonds is 11. The predicted octanol–water partition coefficient (Wildman–Crippen LogP) is 4.00. The van der Waals surface area contributed by atoms with E-state index in [0.29, 0.717) is 33.3 Å². The van der Waals surface area contributed by atoms with Gasteiger partial charge in [-0.1, -0.05) is 37.6 Å². The minimum absolute atomic E-state index is 0.0567. The Morgan fingerprint density at radius 3 is 2.51 bits per heavy atom. The Kier molecular flexibility index (Phi) is 9.51. The van der Waals surface area contributed by atoms with Crippen LogP contribution in [0.1, 0.15) is 43.7 Å². The minimum atomic E-state index is -1.19. The topological polar surface area (TPSA) is 150 Å². The van der Waals surface area contributed by atoms with Crippen LogP contribution in [0, 0.1) is 5.41 Å². The molecule has 0 spiro atoms. The van der Waals surface area contributed by atoms with E-state index >= 15 is 0 Å². The lowest BCUT2D eigenvalue weighted by molar-refractivity contribution is -0.144. The summed E-state index contributed by atoms with van der Waals surface area (Å²) in [5, 5.41) is 24.1. The van der Waals surface area contributed by atoms with Crippen LogP contribution in [0.15, 0.2) is 42.5 Å². The number of carbonyl (C=O) groups excluding carboxylic acids is 2. The monoisotopic (exact) mass is 615 g/mol. The molecule has 13 heteroatoms. The van der Waals surface area contributed by atoms with Gasteiger partial charge in [-0.25, -0.2) is 4.68 Å². The second kappa shape index (κ2) is 12.9. The molecule has 0 radical (unpaired) electrons. The molecular formula is C30H34ClN3O9. The summed E-state index contributed by atoms with van der Waals surface area (Å²) in [7, 11) is 3.01. The number of aromatic nitrogens is 2. The van der Waals surface area contributed by atoms with Crippen molar-refractivity contribution < 1.29 is 43.5 Å². The largest absolute Gasteiger partial charge is 0.493 e. The zero-order chi connectivity index (χ0) is 31.5. The van der Waals surface area contributed by atoms with E-state index in [9.17, 15) is 24.6 Å². The number of fused-ring (bicyclic) bond motifs is 1. The Morgan fingerprint density at radius 2 is 1.86 bits per heavy atom. The number of aromatic hydroxyl groups is 1. The Labute approximate surface area is 253 Å². The van der Waals surface area contributed by atoms with Crippen molar-refractivity contribution in [2.75, 3.05) is 32.3 Å². The zero-order valence-corrected chi connectivity index (χ0v) is 25.3. The van der Waals surface area contributed by atoms with Crippen LogP contribution >= 0.6 is 11.6 Å². The Bertz CT molecular complexity index is 1520. The Hall–Kier alpha value is -4.29. The molecule has 2 atom stereocenters. The van der Waals surface area contributed by atoms with Gasteiger partial charge in [0.15, 0.2) is 11.5 Å². The first-order valence-corrected chi connectivity index (χ1v) is 13.8. The van der Waals surface area contributed by atoms with E-state index in [2.05, 4.69) is 5.10 Å². The maximum absolute atomic E-state index is 14.4. The molecule has 3 aromatic rings. The summed E-state index contributed by atoms with van der Waals surface area (Å²) in [5.41, 5.74) is 1.26. The summed E-state index contributed by atoms with van der Waals surface area (Å²) in [6, 6.07) is 11.7. The van der Waals surface area contributed by atoms with Crippen molar-refractivity contribution in [2.24, 2.45) is 5.41 Å². The van der Waals surface area contributed by atoms with Crippen LogP contribution in [0.5, 0.6) is 17.4 Å². The van der Waals surface area contributed by atoms with Crippen LogP contribution < -0.4 is 14.4 Å². The van der Waals surface area contributed by atoms with Crippen LogP contribution in [-0.2, 0) is 36.8 Å². The zero-order valence-electron chi connectivity index (χ0n) is 24.5. The summed E-state index contributed by atoms with van der Waals surface area (Å²) < 4.78 is 24.0. The van der Waals surface area contributed by atoms with Crippen LogP contribution in [0.4, 0.5) is 5.69 Å². The van der Waals surface area contributed by atoms with E-state index in [0.717, 1.165) is 4.68 Å². The summed E-state index contributed by atoms with van der Waals surface area (Å²) >= 11 is 6.48. The highest BCUT2D eigenvalue weighted by atomic mass is 35.5. The molecule has 1 amide bonds. The molecule has 0 fully saturated rings. The summed E-state index contributed by atoms with van der Waals surface area (Å²) in [4.78, 5) is 38.7. The van der Waals surface area contributed by atoms with Crippen molar-refractivity contribution in [3.8, 4) is 17.4 Å². The second-order valence-electron chi connectivity index (χ2n) is 10.9. The lowest BCUT2D eigenvalue weighted by atomic mass is 9.92. The summed E-state index contributed by atoms with van der Waals surface area (Å²) in [5.74, 6) is -1.55. The number of carboxylic acid groups (broad SMARTS) is 1. The van der Waals surface area contributed by atoms with Gasteiger partial charge in [-0.2, -0.15) is 5.10 Å².